The Balaban J connectivity index is 1.10. The molecule has 0 aliphatic carbocycles. The zero-order valence-electron chi connectivity index (χ0n) is 24.6. The first-order valence-electron chi connectivity index (χ1n) is 14.5. The normalized spacial score (nSPS) is 16.5. The van der Waals surface area contributed by atoms with Crippen molar-refractivity contribution in [2.45, 2.75) is 38.0 Å². The second-order valence-electron chi connectivity index (χ2n) is 11.1. The highest BCUT2D eigenvalue weighted by Crippen LogP contribution is 2.33. The van der Waals surface area contributed by atoms with Crippen LogP contribution >= 0.6 is 0 Å². The Morgan fingerprint density at radius 3 is 2.57 bits per heavy atom. The molecule has 2 saturated heterocycles. The number of imide groups is 1. The monoisotopic (exact) mass is 639 g/mol. The summed E-state index contributed by atoms with van der Waals surface area (Å²) in [6.45, 7) is 1.96. The summed E-state index contributed by atoms with van der Waals surface area (Å²) in [4.78, 5) is 43.2. The number of carbonyl (C=O) groups excluding carboxylic acids is 3. The van der Waals surface area contributed by atoms with Crippen LogP contribution in [0, 0.1) is 5.82 Å². The van der Waals surface area contributed by atoms with Crippen molar-refractivity contribution in [3.05, 3.63) is 77.5 Å². The highest BCUT2D eigenvalue weighted by molar-refractivity contribution is 6.06. The number of anilines is 2. The maximum atomic E-state index is 15.0. The molecule has 11 nitrogen and oxygen atoms in total. The van der Waals surface area contributed by atoms with Gasteiger partial charge in [-0.3, -0.25) is 29.4 Å². The zero-order valence-corrected chi connectivity index (χ0v) is 24.6. The van der Waals surface area contributed by atoms with E-state index in [4.69, 9.17) is 9.84 Å². The SMILES string of the molecule is COc1cc2nn(C3CCN(Cc4ccc(N5CCC(=O)NC5=O)cc4F)CC3)cc2cc1NC(=O)c1cccc(C(F)(F)F)n1. The molecule has 4 amide bonds. The molecule has 2 aliphatic heterocycles. The van der Waals surface area contributed by atoms with Crippen LogP contribution in [-0.4, -0.2) is 64.3 Å². The molecule has 2 aliphatic rings. The minimum atomic E-state index is -4.68. The van der Waals surface area contributed by atoms with Crippen molar-refractivity contribution in [3.63, 3.8) is 0 Å². The Morgan fingerprint density at radius 1 is 1.09 bits per heavy atom. The molecule has 2 aromatic heterocycles. The summed E-state index contributed by atoms with van der Waals surface area (Å²) in [6, 6.07) is 10.6. The number of nitrogens with one attached hydrogen (secondary N) is 2. The third kappa shape index (κ3) is 6.49. The van der Waals surface area contributed by atoms with Gasteiger partial charge in [0, 0.05) is 61.5 Å². The van der Waals surface area contributed by atoms with Crippen molar-refractivity contribution in [2.75, 3.05) is 37.0 Å². The van der Waals surface area contributed by atoms with Crippen LogP contribution in [0.5, 0.6) is 5.75 Å². The lowest BCUT2D eigenvalue weighted by molar-refractivity contribution is -0.141. The number of rotatable bonds is 7. The van der Waals surface area contributed by atoms with Gasteiger partial charge in [-0.1, -0.05) is 12.1 Å². The van der Waals surface area contributed by atoms with Crippen LogP contribution in [0.4, 0.5) is 33.7 Å². The molecule has 6 rings (SSSR count). The summed E-state index contributed by atoms with van der Waals surface area (Å²) in [5, 5.41) is 10.2. The molecule has 0 unspecified atom stereocenters. The molecule has 240 valence electrons. The number of benzene rings is 2. The number of alkyl halides is 3. The van der Waals surface area contributed by atoms with E-state index in [1.165, 1.54) is 24.1 Å². The van der Waals surface area contributed by atoms with Gasteiger partial charge >= 0.3 is 12.2 Å². The minimum absolute atomic E-state index is 0.0644. The number of hydrogen-bond acceptors (Lipinski definition) is 7. The highest BCUT2D eigenvalue weighted by atomic mass is 19.4. The molecule has 0 radical (unpaired) electrons. The Hall–Kier alpha value is -5.05. The number of methoxy groups -OCH3 is 1. The predicted octanol–water partition coefficient (Wildman–Crippen LogP) is 5.13. The van der Waals surface area contributed by atoms with Gasteiger partial charge in [0.2, 0.25) is 5.91 Å². The number of pyridine rings is 1. The van der Waals surface area contributed by atoms with Gasteiger partial charge in [-0.05, 0) is 43.2 Å². The number of ether oxygens (including phenoxy) is 1. The van der Waals surface area contributed by atoms with E-state index in [-0.39, 0.29) is 42.0 Å². The van der Waals surface area contributed by atoms with E-state index in [1.54, 1.807) is 24.3 Å². The standard InChI is InChI=1S/C31H29F4N7O4/c1-46-26-15-24-19(13-25(26)37-29(44)23-3-2-4-27(36-23)31(33,34)35)17-42(39-24)20-7-10-40(11-8-20)16-18-5-6-21(14-22(18)32)41-12-9-28(43)38-30(41)45/h2-6,13-15,17,20H,7-12,16H2,1H3,(H,37,44)(H,38,43,45). The van der Waals surface area contributed by atoms with Gasteiger partial charge < -0.3 is 10.1 Å². The number of amides is 4. The third-order valence-electron chi connectivity index (χ3n) is 8.09. The topological polar surface area (TPSA) is 122 Å². The molecule has 2 aromatic carbocycles. The molecule has 0 bridgehead atoms. The quantitative estimate of drug-likeness (QED) is 0.269. The Labute approximate surface area is 260 Å². The van der Waals surface area contributed by atoms with E-state index < -0.39 is 29.6 Å². The molecule has 0 atom stereocenters. The van der Waals surface area contributed by atoms with E-state index in [0.29, 0.717) is 41.8 Å². The lowest BCUT2D eigenvalue weighted by Gasteiger charge is -2.32. The van der Waals surface area contributed by atoms with Crippen LogP contribution in [-0.2, 0) is 17.5 Å². The number of nitrogens with zero attached hydrogens (tertiary/aromatic N) is 5. The summed E-state index contributed by atoms with van der Waals surface area (Å²) in [5.41, 5.74) is 0.215. The number of fused-ring (bicyclic) bond motifs is 1. The van der Waals surface area contributed by atoms with E-state index in [2.05, 4.69) is 20.5 Å². The van der Waals surface area contributed by atoms with E-state index in [0.717, 1.165) is 25.0 Å². The second kappa shape index (κ2) is 12.4. The van der Waals surface area contributed by atoms with E-state index in [9.17, 15) is 27.6 Å². The zero-order chi connectivity index (χ0) is 32.6. The van der Waals surface area contributed by atoms with Crippen LogP contribution in [0.2, 0.25) is 0 Å². The van der Waals surface area contributed by atoms with Crippen molar-refractivity contribution in [1.29, 1.82) is 0 Å². The molecule has 0 spiro atoms. The van der Waals surface area contributed by atoms with Crippen molar-refractivity contribution >= 4 is 40.1 Å². The van der Waals surface area contributed by atoms with Gasteiger partial charge in [0.15, 0.2) is 0 Å². The number of piperidine rings is 1. The van der Waals surface area contributed by atoms with Gasteiger partial charge in [0.05, 0.1) is 24.4 Å². The molecular formula is C31H29F4N7O4. The molecule has 4 heterocycles. The maximum absolute atomic E-state index is 15.0. The van der Waals surface area contributed by atoms with Gasteiger partial charge in [-0.15, -0.1) is 0 Å². The molecule has 2 N–H and O–H groups in total. The fourth-order valence-corrected chi connectivity index (χ4v) is 5.66. The Kier molecular flexibility index (Phi) is 8.34. The number of hydrogen-bond donors (Lipinski definition) is 2. The van der Waals surface area contributed by atoms with Crippen LogP contribution in [0.25, 0.3) is 10.9 Å². The molecule has 46 heavy (non-hydrogen) atoms. The first-order chi connectivity index (χ1) is 22.0. The van der Waals surface area contributed by atoms with Gasteiger partial charge in [0.1, 0.15) is 23.0 Å². The average molecular weight is 640 g/mol. The van der Waals surface area contributed by atoms with Gasteiger partial charge in [-0.25, -0.2) is 14.2 Å². The van der Waals surface area contributed by atoms with Crippen LogP contribution in [0.3, 0.4) is 0 Å². The molecular weight excluding hydrogens is 610 g/mol. The molecule has 15 heteroatoms. The van der Waals surface area contributed by atoms with Crippen molar-refractivity contribution < 1.29 is 36.7 Å². The van der Waals surface area contributed by atoms with Gasteiger partial charge in [0.25, 0.3) is 5.91 Å². The Morgan fingerprint density at radius 2 is 1.87 bits per heavy atom. The number of carbonyl (C=O) groups is 3. The Bertz CT molecular complexity index is 1820. The average Bonchev–Trinajstić information content (AvgIpc) is 3.44. The summed E-state index contributed by atoms with van der Waals surface area (Å²) in [7, 11) is 1.41. The lowest BCUT2D eigenvalue weighted by atomic mass is 10.0. The summed E-state index contributed by atoms with van der Waals surface area (Å²) < 4.78 is 61.5. The summed E-state index contributed by atoms with van der Waals surface area (Å²) in [5.74, 6) is -1.31. The fraction of sp³-hybridized carbons (Fsp3) is 0.323. The predicted molar refractivity (Wildman–Crippen MR) is 159 cm³/mol. The third-order valence-corrected chi connectivity index (χ3v) is 8.09. The van der Waals surface area contributed by atoms with E-state index in [1.807, 2.05) is 10.9 Å². The molecule has 2 fully saturated rings. The fourth-order valence-electron chi connectivity index (χ4n) is 5.66. The number of urea groups is 1. The number of halogens is 4. The summed E-state index contributed by atoms with van der Waals surface area (Å²) >= 11 is 0. The van der Waals surface area contributed by atoms with Crippen LogP contribution in [0.15, 0.2) is 54.7 Å². The smallest absolute Gasteiger partial charge is 0.433 e. The van der Waals surface area contributed by atoms with Gasteiger partial charge in [-0.2, -0.15) is 18.3 Å². The second-order valence-corrected chi connectivity index (χ2v) is 11.1. The van der Waals surface area contributed by atoms with Crippen molar-refractivity contribution in [3.8, 4) is 5.75 Å². The first kappa shape index (κ1) is 31.0. The van der Waals surface area contributed by atoms with Crippen LogP contribution < -0.4 is 20.3 Å². The minimum Gasteiger partial charge on any atom is -0.494 e. The molecule has 0 saturated carbocycles. The van der Waals surface area contributed by atoms with Crippen molar-refractivity contribution in [2.24, 2.45) is 0 Å². The van der Waals surface area contributed by atoms with Crippen molar-refractivity contribution in [1.82, 2.24) is 25.0 Å². The lowest BCUT2D eigenvalue weighted by Crippen LogP contribution is -2.49. The number of aromatic nitrogens is 3. The van der Waals surface area contributed by atoms with E-state index >= 15 is 4.39 Å². The van der Waals surface area contributed by atoms with Crippen LogP contribution in [0.1, 0.15) is 47.1 Å². The molecule has 4 aromatic rings. The first-order valence-corrected chi connectivity index (χ1v) is 14.5. The summed E-state index contributed by atoms with van der Waals surface area (Å²) in [6.07, 6.45) is -1.19. The highest BCUT2D eigenvalue weighted by Gasteiger charge is 2.33. The largest absolute Gasteiger partial charge is 0.494 e. The number of likely N-dealkylation sites (tertiary alicyclic amines) is 1. The maximum Gasteiger partial charge on any atom is 0.433 e.